The van der Waals surface area contributed by atoms with Gasteiger partial charge in [0.2, 0.25) is 0 Å². The van der Waals surface area contributed by atoms with Crippen molar-refractivity contribution in [2.24, 2.45) is 0 Å². The highest BCUT2D eigenvalue weighted by Crippen LogP contribution is 2.15. The van der Waals surface area contributed by atoms with E-state index in [2.05, 4.69) is 5.32 Å². The standard InChI is InChI=1S/C21H22N2O5/c1-2-26-20(24)15-27-19-10-6-9-17(12-19)11-18(13-22)23-21(25)28-14-16-7-4-3-5-8-16/h3-10,12,18H,2,11,14-15H2,1H3,(H,23,25)/t18-/m0/s1/i1T. The van der Waals surface area contributed by atoms with E-state index in [1.54, 1.807) is 24.3 Å². The van der Waals surface area contributed by atoms with Crippen LogP contribution in [-0.4, -0.2) is 31.3 Å². The lowest BCUT2D eigenvalue weighted by atomic mass is 10.1. The molecule has 1 N–H and O–H groups in total. The molecule has 0 bridgehead atoms. The Hall–Kier alpha value is -3.53. The summed E-state index contributed by atoms with van der Waals surface area (Å²) < 4.78 is 22.2. The van der Waals surface area contributed by atoms with Gasteiger partial charge < -0.3 is 19.5 Å². The minimum atomic E-state index is -0.782. The van der Waals surface area contributed by atoms with Gasteiger partial charge in [-0.05, 0) is 30.2 Å². The molecule has 0 saturated heterocycles. The molecule has 0 aliphatic carbocycles. The first-order valence-corrected chi connectivity index (χ1v) is 8.64. The number of alkyl carbamates (subject to hydrolysis) is 1. The Bertz CT molecular complexity index is 838. The number of esters is 1. The van der Waals surface area contributed by atoms with E-state index < -0.39 is 18.1 Å². The van der Waals surface area contributed by atoms with Crippen molar-refractivity contribution < 1.29 is 25.2 Å². The number of benzene rings is 2. The monoisotopic (exact) mass is 384 g/mol. The molecule has 0 fully saturated rings. The van der Waals surface area contributed by atoms with E-state index in [1.165, 1.54) is 0 Å². The summed E-state index contributed by atoms with van der Waals surface area (Å²) in [4.78, 5) is 23.4. The van der Waals surface area contributed by atoms with Gasteiger partial charge in [0.25, 0.3) is 0 Å². The predicted octanol–water partition coefficient (Wildman–Crippen LogP) is 2.99. The van der Waals surface area contributed by atoms with E-state index in [0.29, 0.717) is 5.75 Å². The Labute approximate surface area is 165 Å². The first kappa shape index (κ1) is 19.2. The Morgan fingerprint density at radius 1 is 1.14 bits per heavy atom. The Morgan fingerprint density at radius 3 is 2.68 bits per heavy atom. The van der Waals surface area contributed by atoms with Crippen molar-refractivity contribution in [2.75, 3.05) is 13.2 Å². The van der Waals surface area contributed by atoms with Gasteiger partial charge in [0.1, 0.15) is 18.4 Å². The summed E-state index contributed by atoms with van der Waals surface area (Å²) in [5.74, 6) is -0.117. The van der Waals surface area contributed by atoms with Crippen molar-refractivity contribution in [3.63, 3.8) is 0 Å². The molecule has 7 nitrogen and oxygen atoms in total. The third-order valence-electron chi connectivity index (χ3n) is 3.62. The molecule has 0 spiro atoms. The number of nitrogens with zero attached hydrogens (tertiary/aromatic N) is 1. The number of ether oxygens (including phenoxy) is 3. The fraction of sp³-hybridized carbons (Fsp3) is 0.286. The van der Waals surface area contributed by atoms with Crippen molar-refractivity contribution in [1.29, 1.82) is 5.26 Å². The van der Waals surface area contributed by atoms with Crippen LogP contribution < -0.4 is 10.1 Å². The summed E-state index contributed by atoms with van der Waals surface area (Å²) >= 11 is 0. The summed E-state index contributed by atoms with van der Waals surface area (Å²) in [6.45, 7) is -0.130. The zero-order chi connectivity index (χ0) is 20.9. The van der Waals surface area contributed by atoms with Gasteiger partial charge in [0.05, 0.1) is 12.7 Å². The van der Waals surface area contributed by atoms with Crippen molar-refractivity contribution in [2.45, 2.75) is 26.0 Å². The highest BCUT2D eigenvalue weighted by molar-refractivity contribution is 5.71. The fourth-order valence-corrected chi connectivity index (χ4v) is 2.33. The van der Waals surface area contributed by atoms with E-state index in [0.717, 1.165) is 11.1 Å². The topological polar surface area (TPSA) is 97.6 Å². The molecule has 2 aromatic carbocycles. The second-order valence-corrected chi connectivity index (χ2v) is 5.75. The summed E-state index contributed by atoms with van der Waals surface area (Å²) in [5.41, 5.74) is 1.60. The molecular weight excluding hydrogens is 360 g/mol. The van der Waals surface area contributed by atoms with Crippen LogP contribution >= 0.6 is 0 Å². The van der Waals surface area contributed by atoms with Gasteiger partial charge in [-0.3, -0.25) is 0 Å². The highest BCUT2D eigenvalue weighted by Gasteiger charge is 2.14. The number of amides is 1. The summed E-state index contributed by atoms with van der Waals surface area (Å²) in [7, 11) is 0. The minimum Gasteiger partial charge on any atom is -0.482 e. The SMILES string of the molecule is [3H]CCOC(=O)COc1cccc(C[C@@H](C#N)NC(=O)OCc2ccccc2)c1. The molecule has 7 heteroatoms. The largest absolute Gasteiger partial charge is 0.482 e. The van der Waals surface area contributed by atoms with Crippen molar-refractivity contribution in [1.82, 2.24) is 5.32 Å². The number of hydrogen-bond donors (Lipinski definition) is 1. The fourth-order valence-electron chi connectivity index (χ4n) is 2.33. The van der Waals surface area contributed by atoms with Gasteiger partial charge in [-0.25, -0.2) is 9.59 Å². The van der Waals surface area contributed by atoms with Crippen molar-refractivity contribution in [3.8, 4) is 11.8 Å². The summed E-state index contributed by atoms with van der Waals surface area (Å²) in [6, 6.07) is 17.3. The number of nitrogens with one attached hydrogen (secondary N) is 1. The smallest absolute Gasteiger partial charge is 0.408 e. The summed E-state index contributed by atoms with van der Waals surface area (Å²) in [5, 5.41) is 11.8. The van der Waals surface area contributed by atoms with Crippen LogP contribution in [0.15, 0.2) is 54.6 Å². The Kier molecular flexibility index (Phi) is 7.72. The average molecular weight is 384 g/mol. The normalized spacial score (nSPS) is 11.5. The number of hydrogen-bond acceptors (Lipinski definition) is 6. The average Bonchev–Trinajstić information content (AvgIpc) is 2.75. The molecular formula is C21H22N2O5. The van der Waals surface area contributed by atoms with Crippen molar-refractivity contribution >= 4 is 12.1 Å². The molecule has 0 aromatic heterocycles. The molecule has 146 valence electrons. The number of carbonyl (C=O) groups excluding carboxylic acids is 2. The van der Waals surface area contributed by atoms with E-state index >= 15 is 0 Å². The molecule has 0 radical (unpaired) electrons. The second kappa shape index (κ2) is 11.2. The summed E-state index contributed by atoms with van der Waals surface area (Å²) in [6.07, 6.45) is -0.429. The Morgan fingerprint density at radius 2 is 1.93 bits per heavy atom. The maximum absolute atomic E-state index is 11.9. The molecule has 0 unspecified atom stereocenters. The van der Waals surface area contributed by atoms with Crippen LogP contribution in [0.2, 0.25) is 0 Å². The van der Waals surface area contributed by atoms with Crippen LogP contribution in [-0.2, 0) is 27.3 Å². The van der Waals surface area contributed by atoms with E-state index in [4.69, 9.17) is 15.6 Å². The zero-order valence-corrected chi connectivity index (χ0v) is 15.3. The lowest BCUT2D eigenvalue weighted by molar-refractivity contribution is -0.145. The Balaban J connectivity index is 1.82. The van der Waals surface area contributed by atoms with Crippen LogP contribution in [0.5, 0.6) is 5.75 Å². The van der Waals surface area contributed by atoms with Gasteiger partial charge in [0, 0.05) is 7.79 Å². The molecule has 2 aromatic rings. The highest BCUT2D eigenvalue weighted by atomic mass is 16.6. The van der Waals surface area contributed by atoms with Gasteiger partial charge >= 0.3 is 12.1 Å². The molecule has 2 rings (SSSR count). The maximum atomic E-state index is 11.9. The zero-order valence-electron chi connectivity index (χ0n) is 16.3. The van der Waals surface area contributed by atoms with E-state index in [1.807, 2.05) is 36.4 Å². The van der Waals surface area contributed by atoms with Crippen molar-refractivity contribution in [3.05, 3.63) is 65.7 Å². The van der Waals surface area contributed by atoms with Gasteiger partial charge in [-0.15, -0.1) is 0 Å². The van der Waals surface area contributed by atoms with Crippen LogP contribution in [0.3, 0.4) is 0 Å². The lowest BCUT2D eigenvalue weighted by Gasteiger charge is -2.13. The molecule has 0 aliphatic heterocycles. The first-order chi connectivity index (χ1) is 14.1. The molecule has 28 heavy (non-hydrogen) atoms. The predicted molar refractivity (Wildman–Crippen MR) is 101 cm³/mol. The molecule has 0 aliphatic rings. The maximum Gasteiger partial charge on any atom is 0.408 e. The molecule has 0 heterocycles. The second-order valence-electron chi connectivity index (χ2n) is 5.75. The van der Waals surface area contributed by atoms with E-state index in [9.17, 15) is 14.9 Å². The number of nitriles is 1. The third-order valence-corrected chi connectivity index (χ3v) is 3.62. The first-order valence-electron chi connectivity index (χ1n) is 9.35. The molecule has 0 saturated carbocycles. The molecule has 1 atom stereocenters. The van der Waals surface area contributed by atoms with Gasteiger partial charge in [-0.1, -0.05) is 42.5 Å². The minimum absolute atomic E-state index is 0.00242. The van der Waals surface area contributed by atoms with Gasteiger partial charge in [0.15, 0.2) is 6.61 Å². The quantitative estimate of drug-likeness (QED) is 0.668. The number of rotatable bonds is 9. The lowest BCUT2D eigenvalue weighted by Crippen LogP contribution is -2.35. The van der Waals surface area contributed by atoms with Crippen LogP contribution in [0.4, 0.5) is 4.79 Å². The van der Waals surface area contributed by atoms with Crippen LogP contribution in [0, 0.1) is 11.3 Å². The van der Waals surface area contributed by atoms with Gasteiger partial charge in [-0.2, -0.15) is 5.26 Å². The van der Waals surface area contributed by atoms with Crippen LogP contribution in [0.1, 0.15) is 19.4 Å². The van der Waals surface area contributed by atoms with Crippen LogP contribution in [0.25, 0.3) is 0 Å². The third kappa shape index (κ3) is 7.38. The number of carbonyl (C=O) groups is 2. The molecule has 1 amide bonds. The van der Waals surface area contributed by atoms with E-state index in [-0.39, 0.29) is 33.1 Å².